The molecule has 1 saturated carbocycles. The Morgan fingerprint density at radius 1 is 1.16 bits per heavy atom. The molecule has 3 N–H and O–H groups in total. The number of benzene rings is 1. The minimum absolute atomic E-state index is 0.00302. The molecule has 0 bridgehead atoms. The number of carbonyl (C=O) groups is 3. The molecule has 2 atom stereocenters. The Bertz CT molecular complexity index is 679. The van der Waals surface area contributed by atoms with Crippen LogP contribution in [0.3, 0.4) is 0 Å². The molecule has 2 aliphatic rings. The van der Waals surface area contributed by atoms with Crippen LogP contribution in [0.5, 0.6) is 0 Å². The lowest BCUT2D eigenvalue weighted by molar-refractivity contribution is -0.148. The summed E-state index contributed by atoms with van der Waals surface area (Å²) < 4.78 is 5.19. The first-order valence-electron chi connectivity index (χ1n) is 8.46. The maximum Gasteiger partial charge on any atom is 0.329 e. The van der Waals surface area contributed by atoms with E-state index in [1.165, 1.54) is 0 Å². The summed E-state index contributed by atoms with van der Waals surface area (Å²) in [6, 6.07) is 6.46. The highest BCUT2D eigenvalue weighted by Crippen LogP contribution is 2.38. The largest absolute Gasteiger partial charge is 0.480 e. The van der Waals surface area contributed by atoms with Crippen molar-refractivity contribution in [3.05, 3.63) is 29.8 Å². The Hall–Kier alpha value is -2.41. The molecular weight excluding hydrogens is 324 g/mol. The van der Waals surface area contributed by atoms with Gasteiger partial charge in [0.15, 0.2) is 0 Å². The summed E-state index contributed by atoms with van der Waals surface area (Å²) in [6.45, 7) is 2.64. The van der Waals surface area contributed by atoms with Gasteiger partial charge in [-0.25, -0.2) is 4.79 Å². The minimum Gasteiger partial charge on any atom is -0.480 e. The number of aliphatic carboxylic acids is 1. The third kappa shape index (κ3) is 3.82. The van der Waals surface area contributed by atoms with Gasteiger partial charge in [0.25, 0.3) is 5.91 Å². The van der Waals surface area contributed by atoms with Crippen molar-refractivity contribution in [2.24, 2.45) is 11.8 Å². The summed E-state index contributed by atoms with van der Waals surface area (Å²) in [7, 11) is 0. The molecule has 1 aliphatic heterocycles. The second-order valence-corrected chi connectivity index (χ2v) is 6.84. The molecule has 0 spiro atoms. The highest BCUT2D eigenvalue weighted by Gasteiger charge is 2.42. The Labute approximate surface area is 145 Å². The summed E-state index contributed by atoms with van der Waals surface area (Å²) in [5.41, 5.74) is -0.311. The van der Waals surface area contributed by atoms with E-state index in [-0.39, 0.29) is 24.7 Å². The molecule has 7 heteroatoms. The second-order valence-electron chi connectivity index (χ2n) is 6.84. The number of anilines is 1. The van der Waals surface area contributed by atoms with Gasteiger partial charge in [-0.1, -0.05) is 6.92 Å². The molecule has 1 aliphatic carbocycles. The van der Waals surface area contributed by atoms with Crippen LogP contribution in [0.4, 0.5) is 5.69 Å². The van der Waals surface area contributed by atoms with Gasteiger partial charge < -0.3 is 20.5 Å². The third-order valence-corrected chi connectivity index (χ3v) is 4.97. The second kappa shape index (κ2) is 6.84. The molecule has 0 aromatic heterocycles. The SMILES string of the molecule is CC1CC1C(=O)Nc1ccc(C(=O)NC2(C(=O)O)CCOCC2)cc1. The lowest BCUT2D eigenvalue weighted by Gasteiger charge is -2.33. The molecule has 1 aromatic carbocycles. The molecular formula is C18H22N2O5. The van der Waals surface area contributed by atoms with Gasteiger partial charge in [0.2, 0.25) is 5.91 Å². The van der Waals surface area contributed by atoms with Gasteiger partial charge in [-0.2, -0.15) is 0 Å². The average Bonchev–Trinajstić information content (AvgIpc) is 3.33. The predicted octanol–water partition coefficient (Wildman–Crippen LogP) is 1.64. The topological polar surface area (TPSA) is 105 Å². The van der Waals surface area contributed by atoms with Crippen molar-refractivity contribution in [2.45, 2.75) is 31.7 Å². The fourth-order valence-electron chi connectivity index (χ4n) is 3.03. The van der Waals surface area contributed by atoms with Crippen molar-refractivity contribution in [3.63, 3.8) is 0 Å². The van der Waals surface area contributed by atoms with Crippen molar-refractivity contribution < 1.29 is 24.2 Å². The molecule has 3 rings (SSSR count). The van der Waals surface area contributed by atoms with E-state index < -0.39 is 17.4 Å². The van der Waals surface area contributed by atoms with Gasteiger partial charge in [0.05, 0.1) is 0 Å². The number of carbonyl (C=O) groups excluding carboxylic acids is 2. The number of rotatable bonds is 5. The van der Waals surface area contributed by atoms with Crippen molar-refractivity contribution in [2.75, 3.05) is 18.5 Å². The van der Waals surface area contributed by atoms with Gasteiger partial charge in [-0.05, 0) is 36.6 Å². The number of hydrogen-bond donors (Lipinski definition) is 3. The van der Waals surface area contributed by atoms with Gasteiger partial charge in [0, 0.05) is 43.2 Å². The maximum atomic E-state index is 12.4. The first-order chi connectivity index (χ1) is 11.9. The summed E-state index contributed by atoms with van der Waals surface area (Å²) in [4.78, 5) is 35.9. The lowest BCUT2D eigenvalue weighted by Crippen LogP contribution is -2.57. The van der Waals surface area contributed by atoms with E-state index in [4.69, 9.17) is 4.74 Å². The summed E-state index contributed by atoms with van der Waals surface area (Å²) in [5.74, 6) is -0.995. The van der Waals surface area contributed by atoms with E-state index >= 15 is 0 Å². The summed E-state index contributed by atoms with van der Waals surface area (Å²) in [6.07, 6.45) is 1.39. The molecule has 2 unspecified atom stereocenters. The highest BCUT2D eigenvalue weighted by molar-refractivity contribution is 5.99. The predicted molar refractivity (Wildman–Crippen MR) is 90.2 cm³/mol. The number of nitrogens with one attached hydrogen (secondary N) is 2. The van der Waals surface area contributed by atoms with E-state index in [0.29, 0.717) is 30.4 Å². The van der Waals surface area contributed by atoms with Gasteiger partial charge in [-0.15, -0.1) is 0 Å². The molecule has 1 heterocycles. The Morgan fingerprint density at radius 3 is 2.28 bits per heavy atom. The maximum absolute atomic E-state index is 12.4. The van der Waals surface area contributed by atoms with Crippen LogP contribution in [-0.2, 0) is 14.3 Å². The summed E-state index contributed by atoms with van der Waals surface area (Å²) >= 11 is 0. The highest BCUT2D eigenvalue weighted by atomic mass is 16.5. The fourth-order valence-corrected chi connectivity index (χ4v) is 3.03. The molecule has 25 heavy (non-hydrogen) atoms. The zero-order valence-electron chi connectivity index (χ0n) is 14.1. The molecule has 1 aromatic rings. The zero-order valence-corrected chi connectivity index (χ0v) is 14.1. The molecule has 0 radical (unpaired) electrons. The number of ether oxygens (including phenoxy) is 1. The van der Waals surface area contributed by atoms with Crippen LogP contribution in [0.1, 0.15) is 36.5 Å². The van der Waals surface area contributed by atoms with Crippen LogP contribution in [0.15, 0.2) is 24.3 Å². The van der Waals surface area contributed by atoms with Gasteiger partial charge in [-0.3, -0.25) is 9.59 Å². The van der Waals surface area contributed by atoms with Crippen LogP contribution < -0.4 is 10.6 Å². The van der Waals surface area contributed by atoms with E-state index in [9.17, 15) is 19.5 Å². The third-order valence-electron chi connectivity index (χ3n) is 4.97. The molecule has 1 saturated heterocycles. The summed E-state index contributed by atoms with van der Waals surface area (Å²) in [5, 5.41) is 15.0. The first-order valence-corrected chi connectivity index (χ1v) is 8.46. The van der Waals surface area contributed by atoms with Gasteiger partial charge in [0.1, 0.15) is 5.54 Å². The first kappa shape index (κ1) is 17.4. The van der Waals surface area contributed by atoms with E-state index in [0.717, 1.165) is 6.42 Å². The fraction of sp³-hybridized carbons (Fsp3) is 0.500. The standard InChI is InChI=1S/C18H22N2O5/c1-11-10-14(11)16(22)19-13-4-2-12(3-5-13)15(21)20-18(17(23)24)6-8-25-9-7-18/h2-5,11,14H,6-10H2,1H3,(H,19,22)(H,20,21)(H,23,24). The smallest absolute Gasteiger partial charge is 0.329 e. The molecule has 134 valence electrons. The number of carboxylic acid groups (broad SMARTS) is 1. The lowest BCUT2D eigenvalue weighted by atomic mass is 9.89. The van der Waals surface area contributed by atoms with Crippen molar-refractivity contribution in [1.82, 2.24) is 5.32 Å². The van der Waals surface area contributed by atoms with Crippen LogP contribution >= 0.6 is 0 Å². The van der Waals surface area contributed by atoms with Crippen LogP contribution in [-0.4, -0.2) is 41.6 Å². The van der Waals surface area contributed by atoms with Crippen molar-refractivity contribution in [1.29, 1.82) is 0 Å². The number of amides is 2. The monoisotopic (exact) mass is 346 g/mol. The van der Waals surface area contributed by atoms with E-state index in [2.05, 4.69) is 10.6 Å². The number of hydrogen-bond acceptors (Lipinski definition) is 4. The van der Waals surface area contributed by atoms with Crippen molar-refractivity contribution in [3.8, 4) is 0 Å². The van der Waals surface area contributed by atoms with Crippen LogP contribution in [0.25, 0.3) is 0 Å². The normalized spacial score (nSPS) is 24.2. The quantitative estimate of drug-likeness (QED) is 0.752. The van der Waals surface area contributed by atoms with E-state index in [1.807, 2.05) is 6.92 Å². The zero-order chi connectivity index (χ0) is 18.0. The Balaban J connectivity index is 1.64. The Kier molecular flexibility index (Phi) is 4.76. The van der Waals surface area contributed by atoms with Crippen LogP contribution in [0, 0.1) is 11.8 Å². The molecule has 2 amide bonds. The molecule has 7 nitrogen and oxygen atoms in total. The van der Waals surface area contributed by atoms with Gasteiger partial charge >= 0.3 is 5.97 Å². The van der Waals surface area contributed by atoms with Crippen LogP contribution in [0.2, 0.25) is 0 Å². The number of carboxylic acids is 1. The van der Waals surface area contributed by atoms with Crippen molar-refractivity contribution >= 4 is 23.5 Å². The average molecular weight is 346 g/mol. The Morgan fingerprint density at radius 2 is 1.76 bits per heavy atom. The minimum atomic E-state index is -1.29. The van der Waals surface area contributed by atoms with E-state index in [1.54, 1.807) is 24.3 Å². The molecule has 2 fully saturated rings.